The molecule has 14 heavy (non-hydrogen) atoms. The first-order chi connectivity index (χ1) is 6.66. The highest BCUT2D eigenvalue weighted by molar-refractivity contribution is 6.35. The highest BCUT2D eigenvalue weighted by atomic mass is 35.5. The summed E-state index contributed by atoms with van der Waals surface area (Å²) in [6, 6.07) is 5.90. The number of rotatable bonds is 2. The average molecular weight is 231 g/mol. The van der Waals surface area contributed by atoms with Gasteiger partial charge in [0, 0.05) is 41.3 Å². The second kappa shape index (κ2) is 4.07. The zero-order valence-corrected chi connectivity index (χ0v) is 9.22. The first kappa shape index (κ1) is 10.2. The second-order valence-electron chi connectivity index (χ2n) is 3.65. The smallest absolute Gasteiger partial charge is 0.0465 e. The van der Waals surface area contributed by atoms with Crippen LogP contribution in [-0.2, 0) is 6.54 Å². The monoisotopic (exact) mass is 230 g/mol. The zero-order valence-electron chi connectivity index (χ0n) is 7.71. The summed E-state index contributed by atoms with van der Waals surface area (Å²) in [5.41, 5.74) is 6.69. The summed E-state index contributed by atoms with van der Waals surface area (Å²) in [6.45, 7) is 2.66. The van der Waals surface area contributed by atoms with Crippen molar-refractivity contribution in [3.8, 4) is 0 Å². The minimum absolute atomic E-state index is 0.316. The number of halogens is 2. The zero-order chi connectivity index (χ0) is 10.1. The Kier molecular flexibility index (Phi) is 2.98. The molecule has 0 radical (unpaired) electrons. The lowest BCUT2D eigenvalue weighted by Crippen LogP contribution is -2.54. The molecule has 1 aliphatic heterocycles. The summed E-state index contributed by atoms with van der Waals surface area (Å²) in [7, 11) is 0. The average Bonchev–Trinajstić information content (AvgIpc) is 2.08. The molecular weight excluding hydrogens is 219 g/mol. The molecule has 1 saturated heterocycles. The SMILES string of the molecule is NC1CN(Cc2c(Cl)cccc2Cl)C1. The molecule has 1 aliphatic rings. The Balaban J connectivity index is 2.09. The quantitative estimate of drug-likeness (QED) is 0.844. The third-order valence-electron chi connectivity index (χ3n) is 2.43. The maximum absolute atomic E-state index is 6.05. The van der Waals surface area contributed by atoms with E-state index in [0.717, 1.165) is 35.2 Å². The number of hydrogen-bond acceptors (Lipinski definition) is 2. The summed E-state index contributed by atoms with van der Waals surface area (Å²) < 4.78 is 0. The molecule has 0 amide bonds. The fourth-order valence-electron chi connectivity index (χ4n) is 1.65. The van der Waals surface area contributed by atoms with E-state index in [1.54, 1.807) is 0 Å². The van der Waals surface area contributed by atoms with Crippen LogP contribution >= 0.6 is 23.2 Å². The van der Waals surface area contributed by atoms with Crippen molar-refractivity contribution in [3.05, 3.63) is 33.8 Å². The van der Waals surface area contributed by atoms with E-state index in [4.69, 9.17) is 28.9 Å². The Morgan fingerprint density at radius 1 is 1.29 bits per heavy atom. The summed E-state index contributed by atoms with van der Waals surface area (Å²) in [6.07, 6.45) is 0. The molecule has 0 saturated carbocycles. The molecule has 0 unspecified atom stereocenters. The van der Waals surface area contributed by atoms with Crippen molar-refractivity contribution in [2.75, 3.05) is 13.1 Å². The lowest BCUT2D eigenvalue weighted by Gasteiger charge is -2.37. The number of nitrogens with zero attached hydrogens (tertiary/aromatic N) is 1. The van der Waals surface area contributed by atoms with Crippen LogP contribution in [0.25, 0.3) is 0 Å². The van der Waals surface area contributed by atoms with Gasteiger partial charge in [-0.2, -0.15) is 0 Å². The van der Waals surface area contributed by atoms with Gasteiger partial charge in [0.1, 0.15) is 0 Å². The minimum atomic E-state index is 0.316. The van der Waals surface area contributed by atoms with Gasteiger partial charge in [-0.25, -0.2) is 0 Å². The van der Waals surface area contributed by atoms with E-state index in [1.807, 2.05) is 18.2 Å². The molecule has 0 bridgehead atoms. The van der Waals surface area contributed by atoms with Gasteiger partial charge < -0.3 is 5.73 Å². The van der Waals surface area contributed by atoms with Gasteiger partial charge >= 0.3 is 0 Å². The molecule has 0 aromatic heterocycles. The Hall–Kier alpha value is -0.280. The molecule has 0 aliphatic carbocycles. The summed E-state index contributed by atoms with van der Waals surface area (Å²) in [5.74, 6) is 0. The Morgan fingerprint density at radius 2 is 1.86 bits per heavy atom. The summed E-state index contributed by atoms with van der Waals surface area (Å²) >= 11 is 12.1. The van der Waals surface area contributed by atoms with Crippen LogP contribution in [0.2, 0.25) is 10.0 Å². The van der Waals surface area contributed by atoms with Crippen molar-refractivity contribution in [3.63, 3.8) is 0 Å². The molecule has 2 nitrogen and oxygen atoms in total. The lowest BCUT2D eigenvalue weighted by atomic mass is 10.1. The van der Waals surface area contributed by atoms with Crippen molar-refractivity contribution in [2.24, 2.45) is 5.73 Å². The third-order valence-corrected chi connectivity index (χ3v) is 3.14. The van der Waals surface area contributed by atoms with Crippen LogP contribution in [-0.4, -0.2) is 24.0 Å². The normalized spacial score (nSPS) is 18.2. The fourth-order valence-corrected chi connectivity index (χ4v) is 2.16. The summed E-state index contributed by atoms with van der Waals surface area (Å²) in [5, 5.41) is 1.47. The van der Waals surface area contributed by atoms with E-state index in [9.17, 15) is 0 Å². The van der Waals surface area contributed by atoms with Gasteiger partial charge in [-0.05, 0) is 12.1 Å². The first-order valence-corrected chi connectivity index (χ1v) is 5.33. The third kappa shape index (κ3) is 2.04. The number of benzene rings is 1. The first-order valence-electron chi connectivity index (χ1n) is 4.57. The number of hydrogen-bond donors (Lipinski definition) is 1. The van der Waals surface area contributed by atoms with Crippen molar-refractivity contribution >= 4 is 23.2 Å². The summed E-state index contributed by atoms with van der Waals surface area (Å²) in [4.78, 5) is 2.23. The molecule has 0 spiro atoms. The van der Waals surface area contributed by atoms with Crippen molar-refractivity contribution in [1.82, 2.24) is 4.90 Å². The van der Waals surface area contributed by atoms with Crippen LogP contribution in [0.15, 0.2) is 18.2 Å². The molecule has 1 heterocycles. The van der Waals surface area contributed by atoms with Crippen LogP contribution < -0.4 is 5.73 Å². The van der Waals surface area contributed by atoms with Gasteiger partial charge in [0.25, 0.3) is 0 Å². The highest BCUT2D eigenvalue weighted by Crippen LogP contribution is 2.26. The van der Waals surface area contributed by atoms with E-state index in [0.29, 0.717) is 6.04 Å². The largest absolute Gasteiger partial charge is 0.325 e. The molecule has 1 aromatic carbocycles. The van der Waals surface area contributed by atoms with Gasteiger partial charge in [-0.1, -0.05) is 29.3 Å². The predicted octanol–water partition coefficient (Wildman–Crippen LogP) is 2.14. The standard InChI is InChI=1S/C10H12Cl2N2/c11-9-2-1-3-10(12)8(9)6-14-4-7(13)5-14/h1-3,7H,4-6,13H2. The fraction of sp³-hybridized carbons (Fsp3) is 0.400. The number of nitrogens with two attached hydrogens (primary N) is 1. The van der Waals surface area contributed by atoms with Crippen LogP contribution in [0.4, 0.5) is 0 Å². The van der Waals surface area contributed by atoms with Crippen LogP contribution in [0, 0.1) is 0 Å². The van der Waals surface area contributed by atoms with Crippen LogP contribution in [0.5, 0.6) is 0 Å². The van der Waals surface area contributed by atoms with E-state index in [1.165, 1.54) is 0 Å². The van der Waals surface area contributed by atoms with Crippen molar-refractivity contribution in [2.45, 2.75) is 12.6 Å². The minimum Gasteiger partial charge on any atom is -0.325 e. The van der Waals surface area contributed by atoms with E-state index >= 15 is 0 Å². The molecule has 2 rings (SSSR count). The van der Waals surface area contributed by atoms with Crippen molar-refractivity contribution in [1.29, 1.82) is 0 Å². The highest BCUT2D eigenvalue weighted by Gasteiger charge is 2.23. The molecular formula is C10H12Cl2N2. The van der Waals surface area contributed by atoms with Gasteiger partial charge in [0.15, 0.2) is 0 Å². The molecule has 4 heteroatoms. The van der Waals surface area contributed by atoms with E-state index in [-0.39, 0.29) is 0 Å². The topological polar surface area (TPSA) is 29.3 Å². The van der Waals surface area contributed by atoms with Crippen molar-refractivity contribution < 1.29 is 0 Å². The Bertz CT molecular complexity index is 315. The van der Waals surface area contributed by atoms with Gasteiger partial charge in [0.2, 0.25) is 0 Å². The van der Waals surface area contributed by atoms with Gasteiger partial charge in [-0.3, -0.25) is 4.90 Å². The number of likely N-dealkylation sites (tertiary alicyclic amines) is 1. The molecule has 1 aromatic rings. The second-order valence-corrected chi connectivity index (χ2v) is 4.47. The Morgan fingerprint density at radius 3 is 2.36 bits per heavy atom. The maximum Gasteiger partial charge on any atom is 0.0465 e. The maximum atomic E-state index is 6.05. The van der Waals surface area contributed by atoms with E-state index < -0.39 is 0 Å². The molecule has 0 atom stereocenters. The van der Waals surface area contributed by atoms with Crippen LogP contribution in [0.1, 0.15) is 5.56 Å². The predicted molar refractivity (Wildman–Crippen MR) is 59.7 cm³/mol. The van der Waals surface area contributed by atoms with Gasteiger partial charge in [-0.15, -0.1) is 0 Å². The molecule has 2 N–H and O–H groups in total. The molecule has 76 valence electrons. The lowest BCUT2D eigenvalue weighted by molar-refractivity contribution is 0.142. The molecule has 1 fully saturated rings. The van der Waals surface area contributed by atoms with E-state index in [2.05, 4.69) is 4.90 Å². The Labute approximate surface area is 93.6 Å². The van der Waals surface area contributed by atoms with Gasteiger partial charge in [0.05, 0.1) is 0 Å². The van der Waals surface area contributed by atoms with Crippen LogP contribution in [0.3, 0.4) is 0 Å².